The SMILES string of the molecule is O=C(/C=C/c1c(F)c(F)c(F)c(F)c1F)OCC1C[C@@H]2CC[C@H]1C2. The van der Waals surface area contributed by atoms with Crippen molar-refractivity contribution in [3.8, 4) is 0 Å². The molecule has 24 heavy (non-hydrogen) atoms. The maximum absolute atomic E-state index is 13.5. The molecule has 2 fully saturated rings. The molecule has 0 amide bonds. The molecule has 2 aliphatic carbocycles. The van der Waals surface area contributed by atoms with Crippen molar-refractivity contribution in [2.45, 2.75) is 25.7 Å². The number of benzene rings is 1. The van der Waals surface area contributed by atoms with Gasteiger partial charge in [0.25, 0.3) is 0 Å². The first-order chi connectivity index (χ1) is 11.4. The van der Waals surface area contributed by atoms with Crippen LogP contribution in [-0.2, 0) is 9.53 Å². The van der Waals surface area contributed by atoms with Crippen LogP contribution in [0.4, 0.5) is 22.0 Å². The van der Waals surface area contributed by atoms with Gasteiger partial charge in [0.15, 0.2) is 23.3 Å². The summed E-state index contributed by atoms with van der Waals surface area (Å²) in [5, 5.41) is 0. The molecule has 3 atom stereocenters. The highest BCUT2D eigenvalue weighted by atomic mass is 19.2. The smallest absolute Gasteiger partial charge is 0.330 e. The fourth-order valence-corrected chi connectivity index (χ4v) is 3.74. The Morgan fingerprint density at radius 1 is 0.958 bits per heavy atom. The second-order valence-electron chi connectivity index (χ2n) is 6.38. The third kappa shape index (κ3) is 3.03. The van der Waals surface area contributed by atoms with Gasteiger partial charge < -0.3 is 4.74 Å². The van der Waals surface area contributed by atoms with Gasteiger partial charge in [-0.3, -0.25) is 0 Å². The van der Waals surface area contributed by atoms with Crippen molar-refractivity contribution in [2.24, 2.45) is 17.8 Å². The molecule has 3 rings (SSSR count). The van der Waals surface area contributed by atoms with E-state index in [1.165, 1.54) is 6.42 Å². The van der Waals surface area contributed by atoms with E-state index in [4.69, 9.17) is 4.74 Å². The van der Waals surface area contributed by atoms with Crippen molar-refractivity contribution in [3.63, 3.8) is 0 Å². The highest BCUT2D eigenvalue weighted by Crippen LogP contribution is 2.48. The summed E-state index contributed by atoms with van der Waals surface area (Å²) < 4.78 is 71.0. The molecule has 0 N–H and O–H groups in total. The summed E-state index contributed by atoms with van der Waals surface area (Å²) in [6, 6.07) is 0. The van der Waals surface area contributed by atoms with E-state index < -0.39 is 40.6 Å². The number of carbonyl (C=O) groups is 1. The second kappa shape index (κ2) is 6.53. The van der Waals surface area contributed by atoms with Gasteiger partial charge in [-0.1, -0.05) is 6.42 Å². The van der Waals surface area contributed by atoms with Crippen LogP contribution in [0.2, 0.25) is 0 Å². The standard InChI is InChI=1S/C17H15F5O2/c18-13-11(14(19)16(21)17(22)15(13)20)3-4-12(23)24-7-10-6-8-1-2-9(10)5-8/h3-4,8-10H,1-2,5-7H2/b4-3+/t8-,9+,10?/m1/s1. The minimum Gasteiger partial charge on any atom is -0.462 e. The molecule has 0 spiro atoms. The normalized spacial score (nSPS) is 25.6. The van der Waals surface area contributed by atoms with Crippen molar-refractivity contribution in [2.75, 3.05) is 6.61 Å². The zero-order valence-corrected chi connectivity index (χ0v) is 12.6. The highest BCUT2D eigenvalue weighted by molar-refractivity contribution is 5.87. The molecular weight excluding hydrogens is 331 g/mol. The third-order valence-corrected chi connectivity index (χ3v) is 4.95. The van der Waals surface area contributed by atoms with E-state index in [1.807, 2.05) is 0 Å². The van der Waals surface area contributed by atoms with Crippen molar-refractivity contribution < 1.29 is 31.5 Å². The summed E-state index contributed by atoms with van der Waals surface area (Å²) in [7, 11) is 0. The van der Waals surface area contributed by atoms with E-state index in [2.05, 4.69) is 0 Å². The van der Waals surface area contributed by atoms with Crippen LogP contribution < -0.4 is 0 Å². The molecule has 2 bridgehead atoms. The molecule has 0 saturated heterocycles. The lowest BCUT2D eigenvalue weighted by Gasteiger charge is -2.20. The maximum Gasteiger partial charge on any atom is 0.330 e. The number of carbonyl (C=O) groups excluding carboxylic acids is 1. The zero-order chi connectivity index (χ0) is 17.4. The molecule has 0 radical (unpaired) electrons. The monoisotopic (exact) mass is 346 g/mol. The molecule has 2 aliphatic rings. The van der Waals surface area contributed by atoms with Crippen molar-refractivity contribution in [1.82, 2.24) is 0 Å². The van der Waals surface area contributed by atoms with E-state index in [9.17, 15) is 26.7 Å². The van der Waals surface area contributed by atoms with Gasteiger partial charge in [-0.15, -0.1) is 0 Å². The van der Waals surface area contributed by atoms with Gasteiger partial charge in [-0.25, -0.2) is 26.7 Å². The third-order valence-electron chi connectivity index (χ3n) is 4.95. The number of esters is 1. The van der Waals surface area contributed by atoms with Crippen LogP contribution in [0, 0.1) is 46.8 Å². The van der Waals surface area contributed by atoms with Gasteiger partial charge in [0.2, 0.25) is 5.82 Å². The second-order valence-corrected chi connectivity index (χ2v) is 6.38. The van der Waals surface area contributed by atoms with Gasteiger partial charge in [0.1, 0.15) is 0 Å². The molecule has 130 valence electrons. The first kappa shape index (κ1) is 16.9. The average Bonchev–Trinajstić information content (AvgIpc) is 3.19. The molecule has 1 aromatic carbocycles. The summed E-state index contributed by atoms with van der Waals surface area (Å²) in [6.07, 6.45) is 5.68. The van der Waals surface area contributed by atoms with Gasteiger partial charge in [-0.05, 0) is 43.1 Å². The fourth-order valence-electron chi connectivity index (χ4n) is 3.74. The molecule has 7 heteroatoms. The van der Waals surface area contributed by atoms with Crippen LogP contribution in [0.15, 0.2) is 6.08 Å². The number of rotatable bonds is 4. The van der Waals surface area contributed by atoms with Gasteiger partial charge >= 0.3 is 5.97 Å². The zero-order valence-electron chi connectivity index (χ0n) is 12.6. The van der Waals surface area contributed by atoms with E-state index >= 15 is 0 Å². The van der Waals surface area contributed by atoms with Gasteiger partial charge in [0.05, 0.1) is 12.2 Å². The first-order valence-corrected chi connectivity index (χ1v) is 7.74. The minimum absolute atomic E-state index is 0.210. The first-order valence-electron chi connectivity index (χ1n) is 7.74. The molecule has 0 heterocycles. The Hall–Kier alpha value is -1.92. The van der Waals surface area contributed by atoms with Crippen molar-refractivity contribution in [3.05, 3.63) is 40.7 Å². The van der Waals surface area contributed by atoms with Crippen LogP contribution >= 0.6 is 0 Å². The Morgan fingerprint density at radius 3 is 2.12 bits per heavy atom. The van der Waals surface area contributed by atoms with Crippen LogP contribution in [0.25, 0.3) is 6.08 Å². The Bertz CT molecular complexity index is 672. The summed E-state index contributed by atoms with van der Waals surface area (Å²) in [4.78, 5) is 11.6. The van der Waals surface area contributed by atoms with E-state index in [1.54, 1.807) is 0 Å². The Kier molecular flexibility index (Phi) is 4.60. The topological polar surface area (TPSA) is 26.3 Å². The summed E-state index contributed by atoms with van der Waals surface area (Å²) in [6.45, 7) is 0.210. The molecule has 0 aliphatic heterocycles. The molecule has 0 aromatic heterocycles. The maximum atomic E-state index is 13.5. The van der Waals surface area contributed by atoms with E-state index in [0.29, 0.717) is 24.0 Å². The van der Waals surface area contributed by atoms with Crippen molar-refractivity contribution >= 4 is 12.0 Å². The lowest BCUT2D eigenvalue weighted by Crippen LogP contribution is -2.18. The van der Waals surface area contributed by atoms with Gasteiger partial charge in [0, 0.05) is 6.08 Å². The van der Waals surface area contributed by atoms with Crippen LogP contribution in [-0.4, -0.2) is 12.6 Å². The van der Waals surface area contributed by atoms with Crippen LogP contribution in [0.1, 0.15) is 31.2 Å². The number of halogens is 5. The number of hydrogen-bond donors (Lipinski definition) is 0. The fraction of sp³-hybridized carbons (Fsp3) is 0.471. The Morgan fingerprint density at radius 2 is 1.58 bits per heavy atom. The summed E-state index contributed by atoms with van der Waals surface area (Å²) >= 11 is 0. The van der Waals surface area contributed by atoms with Gasteiger partial charge in [-0.2, -0.15) is 0 Å². The summed E-state index contributed by atoms with van der Waals surface area (Å²) in [5.41, 5.74) is -1.16. The number of hydrogen-bond acceptors (Lipinski definition) is 2. The Labute approximate surface area is 135 Å². The molecule has 1 aromatic rings. The van der Waals surface area contributed by atoms with Crippen LogP contribution in [0.5, 0.6) is 0 Å². The minimum atomic E-state index is -2.24. The molecular formula is C17H15F5O2. The quantitative estimate of drug-likeness (QED) is 0.266. The van der Waals surface area contributed by atoms with E-state index in [0.717, 1.165) is 19.3 Å². The molecule has 2 saturated carbocycles. The van der Waals surface area contributed by atoms with E-state index in [-0.39, 0.29) is 12.5 Å². The van der Waals surface area contributed by atoms with Crippen molar-refractivity contribution in [1.29, 1.82) is 0 Å². The van der Waals surface area contributed by atoms with Crippen LogP contribution in [0.3, 0.4) is 0 Å². The predicted octanol–water partition coefficient (Wildman–Crippen LogP) is 4.37. The predicted molar refractivity (Wildman–Crippen MR) is 75.2 cm³/mol. The largest absolute Gasteiger partial charge is 0.462 e. The molecule has 2 nitrogen and oxygen atoms in total. The Balaban J connectivity index is 1.64. The summed E-state index contributed by atoms with van der Waals surface area (Å²) in [5.74, 6) is -9.66. The average molecular weight is 346 g/mol. The molecule has 1 unspecified atom stereocenters. The lowest BCUT2D eigenvalue weighted by molar-refractivity contribution is -0.139. The lowest BCUT2D eigenvalue weighted by atomic mass is 9.90. The highest BCUT2D eigenvalue weighted by Gasteiger charge is 2.39. The number of ether oxygens (including phenoxy) is 1. The number of fused-ring (bicyclic) bond motifs is 2.